The van der Waals surface area contributed by atoms with Gasteiger partial charge in [0, 0.05) is 22.2 Å². The summed E-state index contributed by atoms with van der Waals surface area (Å²) < 4.78 is 0. The third-order valence-corrected chi connectivity index (χ3v) is 3.70. The lowest BCUT2D eigenvalue weighted by Crippen LogP contribution is -2.14. The summed E-state index contributed by atoms with van der Waals surface area (Å²) in [6.07, 6.45) is 1.70. The van der Waals surface area contributed by atoms with Crippen LogP contribution in [0.15, 0.2) is 47.6 Å². The normalized spacial score (nSPS) is 10.6. The number of carbonyl (C=O) groups excluding carboxylic acids is 1. The van der Waals surface area contributed by atoms with Crippen molar-refractivity contribution in [2.24, 2.45) is 0 Å². The second-order valence-corrected chi connectivity index (χ2v) is 6.49. The number of pyridine rings is 1. The largest absolute Gasteiger partial charge is 0.322 e. The lowest BCUT2D eigenvalue weighted by molar-refractivity contribution is 0.102. The summed E-state index contributed by atoms with van der Waals surface area (Å²) in [5, 5.41) is 4.53. The van der Waals surface area contributed by atoms with Gasteiger partial charge in [-0.2, -0.15) is 0 Å². The second kappa shape index (κ2) is 6.77. The lowest BCUT2D eigenvalue weighted by Gasteiger charge is -2.10. The van der Waals surface area contributed by atoms with Crippen LogP contribution in [0.1, 0.15) is 24.2 Å². The van der Waals surface area contributed by atoms with E-state index in [1.165, 1.54) is 0 Å². The van der Waals surface area contributed by atoms with Gasteiger partial charge in [0.1, 0.15) is 5.03 Å². The van der Waals surface area contributed by atoms with Gasteiger partial charge in [-0.1, -0.05) is 31.5 Å². The molecule has 0 unspecified atom stereocenters. The number of amides is 1. The highest BCUT2D eigenvalue weighted by Crippen LogP contribution is 2.25. The monoisotopic (exact) mass is 306 g/mol. The van der Waals surface area contributed by atoms with Gasteiger partial charge in [0.15, 0.2) is 0 Å². The van der Waals surface area contributed by atoms with E-state index in [-0.39, 0.29) is 5.91 Å². The van der Waals surface area contributed by atoms with Gasteiger partial charge in [-0.3, -0.25) is 4.79 Å². The van der Waals surface area contributed by atoms with Crippen molar-refractivity contribution in [1.29, 1.82) is 0 Å². The first-order valence-corrected chi connectivity index (χ1v) is 7.50. The van der Waals surface area contributed by atoms with E-state index in [2.05, 4.69) is 24.1 Å². The Morgan fingerprint density at radius 1 is 1.30 bits per heavy atom. The van der Waals surface area contributed by atoms with Crippen LogP contribution in [0.3, 0.4) is 0 Å². The van der Waals surface area contributed by atoms with Gasteiger partial charge in [0.25, 0.3) is 5.91 Å². The van der Waals surface area contributed by atoms with Gasteiger partial charge in [-0.15, -0.1) is 11.8 Å². The predicted octanol–water partition coefficient (Wildman–Crippen LogP) is 4.49. The molecule has 20 heavy (non-hydrogen) atoms. The van der Waals surface area contributed by atoms with E-state index < -0.39 is 0 Å². The zero-order valence-electron chi connectivity index (χ0n) is 11.3. The van der Waals surface area contributed by atoms with Gasteiger partial charge in [0.2, 0.25) is 0 Å². The van der Waals surface area contributed by atoms with Gasteiger partial charge in [-0.05, 0) is 30.3 Å². The number of rotatable bonds is 4. The Balaban J connectivity index is 2.21. The minimum absolute atomic E-state index is 0.177. The SMILES string of the molecule is CC(C)Sc1ncccc1C(=O)Nc1cccc(Cl)c1. The average Bonchev–Trinajstić information content (AvgIpc) is 2.38. The van der Waals surface area contributed by atoms with Gasteiger partial charge in [-0.25, -0.2) is 4.98 Å². The molecule has 1 heterocycles. The molecule has 1 aromatic heterocycles. The van der Waals surface area contributed by atoms with Crippen LogP contribution in [0.2, 0.25) is 5.02 Å². The third-order valence-electron chi connectivity index (χ3n) is 2.45. The summed E-state index contributed by atoms with van der Waals surface area (Å²) in [6.45, 7) is 4.13. The first-order chi connectivity index (χ1) is 9.56. The highest BCUT2D eigenvalue weighted by molar-refractivity contribution is 7.99. The number of benzene rings is 1. The molecule has 104 valence electrons. The summed E-state index contributed by atoms with van der Waals surface area (Å²) >= 11 is 7.48. The molecule has 0 atom stereocenters. The maximum atomic E-state index is 12.3. The first kappa shape index (κ1) is 14.9. The number of carbonyl (C=O) groups is 1. The predicted molar refractivity (Wildman–Crippen MR) is 84.6 cm³/mol. The number of nitrogens with one attached hydrogen (secondary N) is 1. The number of halogens is 1. The Morgan fingerprint density at radius 2 is 2.10 bits per heavy atom. The van der Waals surface area contributed by atoms with Crippen LogP contribution in [0, 0.1) is 0 Å². The molecule has 2 rings (SSSR count). The molecule has 1 aromatic carbocycles. The Bertz CT molecular complexity index is 616. The molecule has 5 heteroatoms. The van der Waals surface area contributed by atoms with Gasteiger partial charge < -0.3 is 5.32 Å². The molecule has 3 nitrogen and oxygen atoms in total. The van der Waals surface area contributed by atoms with Crippen LogP contribution >= 0.6 is 23.4 Å². The average molecular weight is 307 g/mol. The zero-order chi connectivity index (χ0) is 14.5. The maximum Gasteiger partial charge on any atom is 0.258 e. The Labute approximate surface area is 127 Å². The quantitative estimate of drug-likeness (QED) is 0.846. The molecule has 2 aromatic rings. The van der Waals surface area contributed by atoms with Crippen LogP contribution in [0.5, 0.6) is 0 Å². The van der Waals surface area contributed by atoms with E-state index >= 15 is 0 Å². The minimum atomic E-state index is -0.177. The standard InChI is InChI=1S/C15H15ClN2OS/c1-10(2)20-15-13(7-4-8-17-15)14(19)18-12-6-3-5-11(16)9-12/h3-10H,1-2H3,(H,18,19). The molecule has 0 bridgehead atoms. The summed E-state index contributed by atoms with van der Waals surface area (Å²) in [4.78, 5) is 16.6. The van der Waals surface area contributed by atoms with Crippen LogP contribution in [-0.4, -0.2) is 16.1 Å². The smallest absolute Gasteiger partial charge is 0.258 e. The molecule has 1 N–H and O–H groups in total. The minimum Gasteiger partial charge on any atom is -0.322 e. The summed E-state index contributed by atoms with van der Waals surface area (Å²) in [5.74, 6) is -0.177. The molecule has 0 aliphatic carbocycles. The van der Waals surface area contributed by atoms with E-state index in [0.717, 1.165) is 5.03 Å². The molecule has 0 aliphatic rings. The van der Waals surface area contributed by atoms with Crippen LogP contribution in [0.4, 0.5) is 5.69 Å². The molecule has 0 saturated heterocycles. The third kappa shape index (κ3) is 3.99. The fourth-order valence-corrected chi connectivity index (χ4v) is 2.69. The first-order valence-electron chi connectivity index (χ1n) is 6.25. The van der Waals surface area contributed by atoms with E-state index in [9.17, 15) is 4.79 Å². The van der Waals surface area contributed by atoms with Crippen molar-refractivity contribution in [1.82, 2.24) is 4.98 Å². The van der Waals surface area contributed by atoms with Crippen LogP contribution in [0.25, 0.3) is 0 Å². The molecule has 0 radical (unpaired) electrons. The Hall–Kier alpha value is -1.52. The van der Waals surface area contributed by atoms with Crippen LogP contribution < -0.4 is 5.32 Å². The molecule has 1 amide bonds. The summed E-state index contributed by atoms with van der Waals surface area (Å²) in [7, 11) is 0. The van der Waals surface area contributed by atoms with Crippen molar-refractivity contribution in [2.75, 3.05) is 5.32 Å². The molecule has 0 spiro atoms. The number of nitrogens with zero attached hydrogens (tertiary/aromatic N) is 1. The number of hydrogen-bond acceptors (Lipinski definition) is 3. The molecule has 0 aliphatic heterocycles. The molecule has 0 fully saturated rings. The Morgan fingerprint density at radius 3 is 2.80 bits per heavy atom. The number of hydrogen-bond donors (Lipinski definition) is 1. The number of anilines is 1. The van der Waals surface area contributed by atoms with Crippen molar-refractivity contribution in [2.45, 2.75) is 24.1 Å². The highest BCUT2D eigenvalue weighted by Gasteiger charge is 2.14. The summed E-state index contributed by atoms with van der Waals surface area (Å²) in [6, 6.07) is 10.6. The van der Waals surface area contributed by atoms with Crippen molar-refractivity contribution in [3.05, 3.63) is 53.2 Å². The molecular weight excluding hydrogens is 292 g/mol. The zero-order valence-corrected chi connectivity index (χ0v) is 12.8. The van der Waals surface area contributed by atoms with E-state index in [4.69, 9.17) is 11.6 Å². The van der Waals surface area contributed by atoms with Crippen molar-refractivity contribution >= 4 is 35.0 Å². The van der Waals surface area contributed by atoms with E-state index in [1.807, 2.05) is 0 Å². The number of thioether (sulfide) groups is 1. The molecular formula is C15H15ClN2OS. The van der Waals surface area contributed by atoms with E-state index in [1.54, 1.807) is 54.4 Å². The molecule has 0 saturated carbocycles. The van der Waals surface area contributed by atoms with Gasteiger partial charge in [0.05, 0.1) is 5.56 Å². The number of aromatic nitrogens is 1. The van der Waals surface area contributed by atoms with Crippen molar-refractivity contribution < 1.29 is 4.79 Å². The second-order valence-electron chi connectivity index (χ2n) is 4.49. The fourth-order valence-electron chi connectivity index (χ4n) is 1.65. The Kier molecular flexibility index (Phi) is 5.04. The summed E-state index contributed by atoms with van der Waals surface area (Å²) in [5.41, 5.74) is 1.25. The van der Waals surface area contributed by atoms with Gasteiger partial charge >= 0.3 is 0 Å². The topological polar surface area (TPSA) is 42.0 Å². The highest BCUT2D eigenvalue weighted by atomic mass is 35.5. The van der Waals surface area contributed by atoms with Crippen molar-refractivity contribution in [3.63, 3.8) is 0 Å². The van der Waals surface area contributed by atoms with E-state index in [0.29, 0.717) is 21.5 Å². The fraction of sp³-hybridized carbons (Fsp3) is 0.200. The maximum absolute atomic E-state index is 12.3. The van der Waals surface area contributed by atoms with Crippen LogP contribution in [-0.2, 0) is 0 Å². The van der Waals surface area contributed by atoms with Crippen molar-refractivity contribution in [3.8, 4) is 0 Å². The lowest BCUT2D eigenvalue weighted by atomic mass is 10.2.